The van der Waals surface area contributed by atoms with Gasteiger partial charge in [0.05, 0.1) is 30.8 Å². The Labute approximate surface area is 255 Å². The molecule has 0 saturated carbocycles. The number of aliphatic carboxylic acids is 1. The highest BCUT2D eigenvalue weighted by atomic mass is 35.5. The van der Waals surface area contributed by atoms with Gasteiger partial charge < -0.3 is 23.7 Å². The summed E-state index contributed by atoms with van der Waals surface area (Å²) < 4.78 is 18.6. The van der Waals surface area contributed by atoms with Crippen LogP contribution in [0.25, 0.3) is 5.52 Å². The summed E-state index contributed by atoms with van der Waals surface area (Å²) in [5.74, 6) is -0.294. The molecule has 4 rings (SSSR count). The minimum atomic E-state index is -1.28. The number of Topliss-reactive ketones (excluding diaryl/α,β-unsaturated/α-hetero) is 1. The van der Waals surface area contributed by atoms with Gasteiger partial charge in [-0.2, -0.15) is 0 Å². The molecule has 1 N–H and O–H groups in total. The molecule has 1 aromatic carbocycles. The Balaban J connectivity index is 1.94. The maximum atomic E-state index is 14.1. The van der Waals surface area contributed by atoms with Gasteiger partial charge in [-0.15, -0.1) is 0 Å². The average molecular weight is 607 g/mol. The predicted molar refractivity (Wildman–Crippen MR) is 163 cm³/mol. The molecule has 0 radical (unpaired) electrons. The molecular formula is C33H35ClN2O7. The third-order valence-corrected chi connectivity index (χ3v) is 7.43. The Morgan fingerprint density at radius 2 is 1.65 bits per heavy atom. The van der Waals surface area contributed by atoms with Gasteiger partial charge in [0.1, 0.15) is 18.1 Å². The molecule has 4 aromatic rings. The van der Waals surface area contributed by atoms with Crippen molar-refractivity contribution in [2.45, 2.75) is 47.6 Å². The van der Waals surface area contributed by atoms with Gasteiger partial charge in [0, 0.05) is 46.1 Å². The fourth-order valence-electron chi connectivity index (χ4n) is 4.78. The lowest BCUT2D eigenvalue weighted by atomic mass is 9.79. The summed E-state index contributed by atoms with van der Waals surface area (Å²) in [4.78, 5) is 44.7. The first-order valence-corrected chi connectivity index (χ1v) is 14.0. The van der Waals surface area contributed by atoms with Crippen molar-refractivity contribution in [2.24, 2.45) is 10.8 Å². The van der Waals surface area contributed by atoms with E-state index >= 15 is 0 Å². The molecular weight excluding hydrogens is 572 g/mol. The highest BCUT2D eigenvalue weighted by Gasteiger charge is 2.37. The van der Waals surface area contributed by atoms with Crippen LogP contribution in [0.2, 0.25) is 5.02 Å². The number of hydrogen-bond donors (Lipinski definition) is 1. The van der Waals surface area contributed by atoms with Crippen LogP contribution in [-0.4, -0.2) is 46.2 Å². The second-order valence-corrected chi connectivity index (χ2v) is 12.3. The quantitative estimate of drug-likeness (QED) is 0.188. The number of nitrogens with zero attached hydrogens (tertiary/aromatic N) is 2. The molecule has 3 aromatic heterocycles. The molecule has 0 spiro atoms. The van der Waals surface area contributed by atoms with Crippen LogP contribution in [-0.2, 0) is 17.8 Å². The van der Waals surface area contributed by atoms with Crippen LogP contribution in [0.4, 0.5) is 0 Å². The maximum Gasteiger partial charge on any atom is 0.309 e. The fourth-order valence-corrected chi connectivity index (χ4v) is 4.91. The normalized spacial score (nSPS) is 11.8. The van der Waals surface area contributed by atoms with Crippen molar-refractivity contribution in [3.8, 4) is 17.2 Å². The van der Waals surface area contributed by atoms with Gasteiger partial charge in [-0.3, -0.25) is 19.4 Å². The molecule has 0 bridgehead atoms. The molecule has 0 unspecified atom stereocenters. The second-order valence-electron chi connectivity index (χ2n) is 11.9. The fraction of sp³-hybridized carbons (Fsp3) is 0.333. The first kappa shape index (κ1) is 31.6. The lowest BCUT2D eigenvalue weighted by Crippen LogP contribution is -2.29. The number of rotatable bonds is 11. The van der Waals surface area contributed by atoms with Crippen LogP contribution < -0.4 is 14.2 Å². The second kappa shape index (κ2) is 12.1. The van der Waals surface area contributed by atoms with Crippen molar-refractivity contribution in [1.82, 2.24) is 9.38 Å². The summed E-state index contributed by atoms with van der Waals surface area (Å²) in [6.45, 7) is 8.53. The summed E-state index contributed by atoms with van der Waals surface area (Å²) in [6.07, 6.45) is 3.18. The van der Waals surface area contributed by atoms with Gasteiger partial charge >= 0.3 is 5.97 Å². The smallest absolute Gasteiger partial charge is 0.309 e. The number of benzene rings is 1. The predicted octanol–water partition coefficient (Wildman–Crippen LogP) is 6.70. The lowest BCUT2D eigenvalue weighted by Gasteiger charge is -2.22. The number of carboxylic acids is 1. The first-order valence-electron chi connectivity index (χ1n) is 13.6. The van der Waals surface area contributed by atoms with E-state index in [2.05, 4.69) is 4.98 Å². The molecule has 9 nitrogen and oxygen atoms in total. The van der Waals surface area contributed by atoms with Crippen LogP contribution in [0.3, 0.4) is 0 Å². The standard InChI is InChI=1S/C33H35ClN2O7/c1-32(2,3)30(38)26-22(17-33(4,5)31(39)40)27(28(37)19-8-10-20(34)11-9-19)36-15-13-21(16-24(26)36)43-18-23-29(42-7)25(41-6)12-14-35-23/h8-16H,17-18H2,1-7H3,(H,39,40). The molecule has 3 heterocycles. The number of carboxylic acid groups (broad SMARTS) is 1. The number of methoxy groups -OCH3 is 2. The van der Waals surface area contributed by atoms with Crippen LogP contribution in [0.1, 0.15) is 72.3 Å². The highest BCUT2D eigenvalue weighted by Crippen LogP contribution is 2.38. The Morgan fingerprint density at radius 3 is 2.23 bits per heavy atom. The van der Waals surface area contributed by atoms with Crippen LogP contribution in [0.5, 0.6) is 17.2 Å². The molecule has 0 aliphatic carbocycles. The van der Waals surface area contributed by atoms with E-state index in [1.165, 1.54) is 14.2 Å². The Morgan fingerprint density at radius 1 is 0.977 bits per heavy atom. The van der Waals surface area contributed by atoms with Crippen molar-refractivity contribution in [2.75, 3.05) is 14.2 Å². The van der Waals surface area contributed by atoms with Crippen molar-refractivity contribution in [1.29, 1.82) is 0 Å². The van der Waals surface area contributed by atoms with Crippen molar-refractivity contribution in [3.05, 3.63) is 88.0 Å². The molecule has 10 heteroatoms. The average Bonchev–Trinajstić information content (AvgIpc) is 3.26. The van der Waals surface area contributed by atoms with Crippen molar-refractivity contribution >= 4 is 34.7 Å². The van der Waals surface area contributed by atoms with Gasteiger partial charge in [0.25, 0.3) is 0 Å². The summed E-state index contributed by atoms with van der Waals surface area (Å²) in [5.41, 5.74) is 0.0239. The molecule has 0 fully saturated rings. The molecule has 0 aliphatic rings. The van der Waals surface area contributed by atoms with Crippen LogP contribution in [0.15, 0.2) is 54.9 Å². The van der Waals surface area contributed by atoms with Gasteiger partial charge in [0.2, 0.25) is 5.78 Å². The van der Waals surface area contributed by atoms with Crippen molar-refractivity contribution in [3.63, 3.8) is 0 Å². The number of pyridine rings is 2. The summed E-state index contributed by atoms with van der Waals surface area (Å²) >= 11 is 6.07. The van der Waals surface area contributed by atoms with E-state index in [1.807, 2.05) is 0 Å². The van der Waals surface area contributed by atoms with E-state index in [1.54, 1.807) is 93.9 Å². The largest absolute Gasteiger partial charge is 0.493 e. The van der Waals surface area contributed by atoms with Gasteiger partial charge in [0.15, 0.2) is 17.3 Å². The summed E-state index contributed by atoms with van der Waals surface area (Å²) in [5, 5.41) is 10.5. The van der Waals surface area contributed by atoms with Gasteiger partial charge in [-0.1, -0.05) is 32.4 Å². The van der Waals surface area contributed by atoms with E-state index in [4.69, 9.17) is 25.8 Å². The zero-order valence-corrected chi connectivity index (χ0v) is 26.0. The van der Waals surface area contributed by atoms with E-state index in [0.717, 1.165) is 0 Å². The molecule has 0 saturated heterocycles. The molecule has 43 heavy (non-hydrogen) atoms. The van der Waals surface area contributed by atoms with Crippen LogP contribution >= 0.6 is 11.6 Å². The molecule has 0 atom stereocenters. The number of aromatic nitrogens is 2. The number of carbonyl (C=O) groups excluding carboxylic acids is 2. The van der Waals surface area contributed by atoms with E-state index in [-0.39, 0.29) is 35.9 Å². The minimum Gasteiger partial charge on any atom is -0.493 e. The summed E-state index contributed by atoms with van der Waals surface area (Å²) in [7, 11) is 3.04. The highest BCUT2D eigenvalue weighted by molar-refractivity contribution is 6.30. The monoisotopic (exact) mass is 606 g/mol. The summed E-state index contributed by atoms with van der Waals surface area (Å²) in [6, 6.07) is 11.5. The number of ketones is 2. The zero-order valence-electron chi connectivity index (χ0n) is 25.3. The molecule has 0 amide bonds. The van der Waals surface area contributed by atoms with Gasteiger partial charge in [-0.25, -0.2) is 0 Å². The Bertz CT molecular complexity index is 1700. The SMILES string of the molecule is COc1ccnc(COc2ccn3c(C(=O)c4ccc(Cl)cc4)c(CC(C)(C)C(=O)O)c(C(=O)C(C)(C)C)c3c2)c1OC. The number of fused-ring (bicyclic) bond motifs is 1. The zero-order chi connectivity index (χ0) is 31.7. The van der Waals surface area contributed by atoms with Crippen LogP contribution in [0, 0.1) is 10.8 Å². The lowest BCUT2D eigenvalue weighted by molar-refractivity contribution is -0.146. The van der Waals surface area contributed by atoms with E-state index < -0.39 is 16.8 Å². The van der Waals surface area contributed by atoms with Crippen molar-refractivity contribution < 1.29 is 33.7 Å². The van der Waals surface area contributed by atoms with Gasteiger partial charge in [-0.05, 0) is 56.2 Å². The Hall–Kier alpha value is -4.37. The number of halogens is 1. The first-order chi connectivity index (χ1) is 20.2. The van der Waals surface area contributed by atoms with E-state index in [9.17, 15) is 19.5 Å². The Kier molecular flexibility index (Phi) is 8.87. The number of hydrogen-bond acceptors (Lipinski definition) is 7. The third-order valence-electron chi connectivity index (χ3n) is 7.18. The molecule has 226 valence electrons. The minimum absolute atomic E-state index is 0.0370. The van der Waals surface area contributed by atoms with E-state index in [0.29, 0.717) is 44.6 Å². The number of ether oxygens (including phenoxy) is 3. The third kappa shape index (κ3) is 6.37. The maximum absolute atomic E-state index is 14.1. The number of carbonyl (C=O) groups is 3. The molecule has 0 aliphatic heterocycles. The topological polar surface area (TPSA) is 116 Å².